The highest BCUT2D eigenvalue weighted by Gasteiger charge is 2.36. The van der Waals surface area contributed by atoms with Crippen molar-refractivity contribution in [3.8, 4) is 22.8 Å². The molecule has 6 rings (SSSR count). The minimum atomic E-state index is -4.61. The number of benzene rings is 4. The lowest BCUT2D eigenvalue weighted by atomic mass is 9.85. The summed E-state index contributed by atoms with van der Waals surface area (Å²) in [6.45, 7) is 12.8. The molecule has 214 valence electrons. The van der Waals surface area contributed by atoms with Crippen molar-refractivity contribution < 1.29 is 13.2 Å². The Morgan fingerprint density at radius 3 is 1.74 bits per heavy atom. The van der Waals surface area contributed by atoms with Crippen LogP contribution < -0.4 is 0 Å². The molecule has 6 aromatic rings. The van der Waals surface area contributed by atoms with Crippen molar-refractivity contribution >= 4 is 21.8 Å². The second-order valence-corrected chi connectivity index (χ2v) is 12.9. The predicted molar refractivity (Wildman–Crippen MR) is 164 cm³/mol. The number of nitrogens with zero attached hydrogens (tertiary/aromatic N) is 4. The Morgan fingerprint density at radius 1 is 0.643 bits per heavy atom. The van der Waals surface area contributed by atoms with Gasteiger partial charge in [0.2, 0.25) is 0 Å². The Balaban J connectivity index is 1.63. The summed E-state index contributed by atoms with van der Waals surface area (Å²) in [6.07, 6.45) is -3.25. The van der Waals surface area contributed by atoms with Gasteiger partial charge in [0, 0.05) is 16.3 Å². The molecule has 0 spiro atoms. The largest absolute Gasteiger partial charge is 0.418 e. The molecular formula is C35H33F3N4. The van der Waals surface area contributed by atoms with Crippen molar-refractivity contribution in [2.45, 2.75) is 58.5 Å². The van der Waals surface area contributed by atoms with Crippen LogP contribution in [0.2, 0.25) is 0 Å². The van der Waals surface area contributed by atoms with Crippen LogP contribution in [0.4, 0.5) is 13.2 Å². The maximum atomic E-state index is 14.9. The first-order valence-corrected chi connectivity index (χ1v) is 14.0. The van der Waals surface area contributed by atoms with Crippen LogP contribution in [0.5, 0.6) is 0 Å². The topological polar surface area (TPSA) is 35.6 Å². The number of halogens is 3. The molecule has 0 radical (unpaired) electrons. The number of fused-ring (bicyclic) bond motifs is 3. The van der Waals surface area contributed by atoms with Gasteiger partial charge in [-0.05, 0) is 76.6 Å². The molecule has 0 aliphatic heterocycles. The molecule has 0 unspecified atom stereocenters. The summed E-state index contributed by atoms with van der Waals surface area (Å²) in [6, 6.07) is 25.9. The van der Waals surface area contributed by atoms with Crippen molar-refractivity contribution in [2.24, 2.45) is 0 Å². The van der Waals surface area contributed by atoms with Crippen molar-refractivity contribution in [3.63, 3.8) is 0 Å². The standard InChI is InChI=1S/C35H33F3N4/c1-33(2,3)23-13-16-29-26(19-23)27-20-24(34(4,5)6)14-17-30(27)41(29)31-15-12-22(18-28(31)35(36,37)38)32-39-21-40-42(32)25-10-8-7-9-11-25/h7-21H,1-6H3. The van der Waals surface area contributed by atoms with E-state index >= 15 is 0 Å². The van der Waals surface area contributed by atoms with E-state index in [0.29, 0.717) is 17.1 Å². The monoisotopic (exact) mass is 566 g/mol. The van der Waals surface area contributed by atoms with Gasteiger partial charge in [0.25, 0.3) is 0 Å². The Bertz CT molecular complexity index is 1860. The van der Waals surface area contributed by atoms with Crippen molar-refractivity contribution in [1.29, 1.82) is 0 Å². The van der Waals surface area contributed by atoms with E-state index in [9.17, 15) is 13.2 Å². The average molecular weight is 567 g/mol. The third kappa shape index (κ3) is 4.77. The predicted octanol–water partition coefficient (Wildman–Crippen LogP) is 9.65. The number of aromatic nitrogens is 4. The van der Waals surface area contributed by atoms with Gasteiger partial charge in [0.05, 0.1) is 28.0 Å². The van der Waals surface area contributed by atoms with Gasteiger partial charge in [-0.2, -0.15) is 18.3 Å². The first kappa shape index (κ1) is 27.8. The summed E-state index contributed by atoms with van der Waals surface area (Å²) in [4.78, 5) is 4.32. The van der Waals surface area contributed by atoms with Crippen LogP contribution in [0, 0.1) is 0 Å². The molecule has 0 aliphatic carbocycles. The molecule has 0 fully saturated rings. The van der Waals surface area contributed by atoms with Gasteiger partial charge in [-0.1, -0.05) is 71.9 Å². The van der Waals surface area contributed by atoms with Crippen molar-refractivity contribution in [3.05, 3.63) is 108 Å². The lowest BCUT2D eigenvalue weighted by Gasteiger charge is -2.20. The molecule has 0 aliphatic rings. The van der Waals surface area contributed by atoms with Crippen LogP contribution in [0.15, 0.2) is 91.3 Å². The van der Waals surface area contributed by atoms with Crippen LogP contribution in [-0.4, -0.2) is 19.3 Å². The minimum absolute atomic E-state index is 0.0732. The van der Waals surface area contributed by atoms with Gasteiger partial charge in [0.1, 0.15) is 6.33 Å². The average Bonchev–Trinajstić information content (AvgIpc) is 3.54. The van der Waals surface area contributed by atoms with Crippen LogP contribution >= 0.6 is 0 Å². The second-order valence-electron chi connectivity index (χ2n) is 12.9. The Kier molecular flexibility index (Phi) is 6.33. The van der Waals surface area contributed by atoms with Crippen LogP contribution in [0.1, 0.15) is 58.2 Å². The summed E-state index contributed by atoms with van der Waals surface area (Å²) in [5, 5.41) is 6.15. The van der Waals surface area contributed by atoms with Crippen LogP contribution in [-0.2, 0) is 17.0 Å². The summed E-state index contributed by atoms with van der Waals surface area (Å²) in [7, 11) is 0. The highest BCUT2D eigenvalue weighted by molar-refractivity contribution is 6.10. The summed E-state index contributed by atoms with van der Waals surface area (Å²) >= 11 is 0. The van der Waals surface area contributed by atoms with E-state index in [4.69, 9.17) is 0 Å². The zero-order valence-corrected chi connectivity index (χ0v) is 24.6. The molecule has 0 bridgehead atoms. The van der Waals surface area contributed by atoms with Crippen molar-refractivity contribution in [1.82, 2.24) is 19.3 Å². The van der Waals surface area contributed by atoms with Gasteiger partial charge in [0.15, 0.2) is 5.82 Å². The van der Waals surface area contributed by atoms with E-state index in [-0.39, 0.29) is 16.5 Å². The van der Waals surface area contributed by atoms with E-state index < -0.39 is 11.7 Å². The lowest BCUT2D eigenvalue weighted by molar-refractivity contribution is -0.137. The first-order valence-electron chi connectivity index (χ1n) is 14.0. The number of para-hydroxylation sites is 1. The fraction of sp³-hybridized carbons (Fsp3) is 0.257. The molecule has 0 saturated carbocycles. The SMILES string of the molecule is CC(C)(C)c1ccc2c(c1)c1cc(C(C)(C)C)ccc1n2-c1ccc(-c2ncnn2-c2ccccc2)cc1C(F)(F)F. The number of hydrogen-bond donors (Lipinski definition) is 0. The summed E-state index contributed by atoms with van der Waals surface area (Å²) in [5.74, 6) is 0.338. The zero-order chi connectivity index (χ0) is 30.0. The Labute approximate surface area is 243 Å². The summed E-state index contributed by atoms with van der Waals surface area (Å²) in [5.41, 5.74) is 3.88. The molecule has 2 aromatic heterocycles. The van der Waals surface area contributed by atoms with E-state index in [1.54, 1.807) is 21.4 Å². The van der Waals surface area contributed by atoms with Gasteiger partial charge in [-0.25, -0.2) is 9.67 Å². The fourth-order valence-electron chi connectivity index (χ4n) is 5.51. The zero-order valence-electron chi connectivity index (χ0n) is 24.6. The maximum absolute atomic E-state index is 14.9. The second kappa shape index (κ2) is 9.58. The Hall–Kier alpha value is -4.39. The molecule has 0 atom stereocenters. The van der Waals surface area contributed by atoms with Crippen LogP contribution in [0.25, 0.3) is 44.6 Å². The molecule has 0 amide bonds. The minimum Gasteiger partial charge on any atom is -0.309 e. The van der Waals surface area contributed by atoms with E-state index in [1.807, 2.05) is 54.6 Å². The lowest BCUT2D eigenvalue weighted by Crippen LogP contribution is -2.12. The molecular weight excluding hydrogens is 533 g/mol. The summed E-state index contributed by atoms with van der Waals surface area (Å²) < 4.78 is 47.9. The number of hydrogen-bond acceptors (Lipinski definition) is 2. The molecule has 2 heterocycles. The number of alkyl halides is 3. The molecule has 4 aromatic carbocycles. The molecule has 0 saturated heterocycles. The van der Waals surface area contributed by atoms with E-state index in [2.05, 4.69) is 63.8 Å². The van der Waals surface area contributed by atoms with Crippen LogP contribution in [0.3, 0.4) is 0 Å². The van der Waals surface area contributed by atoms with Crippen molar-refractivity contribution in [2.75, 3.05) is 0 Å². The third-order valence-electron chi connectivity index (χ3n) is 7.85. The Morgan fingerprint density at radius 2 is 1.21 bits per heavy atom. The number of rotatable bonds is 3. The van der Waals surface area contributed by atoms with E-state index in [1.165, 1.54) is 12.4 Å². The van der Waals surface area contributed by atoms with Gasteiger partial charge >= 0.3 is 6.18 Å². The van der Waals surface area contributed by atoms with Gasteiger partial charge in [-0.15, -0.1) is 0 Å². The maximum Gasteiger partial charge on any atom is 0.418 e. The molecule has 42 heavy (non-hydrogen) atoms. The normalized spacial score (nSPS) is 12.9. The molecule has 7 heteroatoms. The third-order valence-corrected chi connectivity index (χ3v) is 7.85. The highest BCUT2D eigenvalue weighted by atomic mass is 19.4. The van der Waals surface area contributed by atoms with Gasteiger partial charge in [-0.3, -0.25) is 0 Å². The molecule has 0 N–H and O–H groups in total. The molecule has 4 nitrogen and oxygen atoms in total. The quantitative estimate of drug-likeness (QED) is 0.214. The fourth-order valence-corrected chi connectivity index (χ4v) is 5.51. The smallest absolute Gasteiger partial charge is 0.309 e. The van der Waals surface area contributed by atoms with Gasteiger partial charge < -0.3 is 4.57 Å². The van der Waals surface area contributed by atoms with E-state index in [0.717, 1.165) is 32.9 Å². The first-order chi connectivity index (χ1) is 19.7. The highest BCUT2D eigenvalue weighted by Crippen LogP contribution is 2.42.